The Morgan fingerprint density at radius 1 is 1.57 bits per heavy atom. The Labute approximate surface area is 94.6 Å². The van der Waals surface area contributed by atoms with Crippen LogP contribution in [0.4, 0.5) is 0 Å². The molecule has 0 fully saturated rings. The first kappa shape index (κ1) is 13.2. The average Bonchev–Trinajstić information content (AvgIpc) is 2.23. The summed E-state index contributed by atoms with van der Waals surface area (Å²) >= 11 is 2.92. The maximum absolute atomic E-state index is 5.29. The fraction of sp³-hybridized carbons (Fsp3) is 0.182. The molecule has 0 saturated heterocycles. The lowest BCUT2D eigenvalue weighted by molar-refractivity contribution is 1.63. The molecule has 14 heavy (non-hydrogen) atoms. The lowest BCUT2D eigenvalue weighted by Crippen LogP contribution is -1.73. The predicted molar refractivity (Wildman–Crippen MR) is 70.5 cm³/mol. The zero-order valence-electron chi connectivity index (χ0n) is 8.36. The van der Waals surface area contributed by atoms with E-state index in [1.807, 2.05) is 25.3 Å². The lowest BCUT2D eigenvalue weighted by atomic mass is 10.2. The SMILES string of the molecule is C#CC(=C/C)/C=C(\C=C)SN=CSC. The van der Waals surface area contributed by atoms with Crippen molar-refractivity contribution in [3.8, 4) is 12.3 Å². The van der Waals surface area contributed by atoms with E-state index in [0.717, 1.165) is 10.5 Å². The minimum atomic E-state index is 0.840. The Hall–Kier alpha value is -0.850. The molecule has 0 saturated carbocycles. The summed E-state index contributed by atoms with van der Waals surface area (Å²) in [4.78, 5) is 0.946. The number of thioether (sulfide) groups is 1. The smallest absolute Gasteiger partial charge is 0.0681 e. The quantitative estimate of drug-likeness (QED) is 0.232. The third-order valence-electron chi connectivity index (χ3n) is 1.28. The molecular weight excluding hydrogens is 210 g/mol. The molecule has 3 heteroatoms. The van der Waals surface area contributed by atoms with E-state index in [1.54, 1.807) is 23.4 Å². The summed E-state index contributed by atoms with van der Waals surface area (Å²) in [5.74, 6) is 2.57. The second-order valence-corrected chi connectivity index (χ2v) is 3.72. The normalized spacial score (nSPS) is 12.9. The summed E-state index contributed by atoms with van der Waals surface area (Å²) < 4.78 is 4.10. The van der Waals surface area contributed by atoms with Crippen molar-refractivity contribution in [1.82, 2.24) is 0 Å². The number of terminal acetylenes is 1. The van der Waals surface area contributed by atoms with Crippen molar-refractivity contribution in [3.05, 3.63) is 35.3 Å². The highest BCUT2D eigenvalue weighted by atomic mass is 32.2. The Balaban J connectivity index is 4.49. The van der Waals surface area contributed by atoms with Crippen LogP contribution in [0, 0.1) is 12.3 Å². The third kappa shape index (κ3) is 5.74. The molecular formula is C11H13NS2. The van der Waals surface area contributed by atoms with Gasteiger partial charge in [0.15, 0.2) is 0 Å². The zero-order chi connectivity index (χ0) is 10.8. The molecule has 0 unspecified atom stereocenters. The van der Waals surface area contributed by atoms with Gasteiger partial charge in [-0.2, -0.15) is 0 Å². The van der Waals surface area contributed by atoms with Crippen molar-refractivity contribution in [1.29, 1.82) is 0 Å². The van der Waals surface area contributed by atoms with Gasteiger partial charge in [0.25, 0.3) is 0 Å². The summed E-state index contributed by atoms with van der Waals surface area (Å²) in [5.41, 5.74) is 2.61. The second kappa shape index (κ2) is 8.74. The monoisotopic (exact) mass is 223 g/mol. The Morgan fingerprint density at radius 2 is 2.29 bits per heavy atom. The van der Waals surface area contributed by atoms with Gasteiger partial charge in [0.05, 0.1) is 5.55 Å². The van der Waals surface area contributed by atoms with E-state index in [9.17, 15) is 0 Å². The average molecular weight is 223 g/mol. The van der Waals surface area contributed by atoms with Crippen LogP contribution < -0.4 is 0 Å². The van der Waals surface area contributed by atoms with Gasteiger partial charge >= 0.3 is 0 Å². The van der Waals surface area contributed by atoms with Crippen molar-refractivity contribution in [3.63, 3.8) is 0 Å². The largest absolute Gasteiger partial charge is 0.213 e. The maximum atomic E-state index is 5.29. The Bertz CT molecular complexity index is 306. The van der Waals surface area contributed by atoms with Gasteiger partial charge in [0.2, 0.25) is 0 Å². The van der Waals surface area contributed by atoms with Crippen LogP contribution in [-0.4, -0.2) is 11.8 Å². The fourth-order valence-corrected chi connectivity index (χ4v) is 1.50. The third-order valence-corrected chi connectivity index (χ3v) is 2.44. The standard InChI is InChI=1S/C11H13NS2/c1-5-10(6-2)8-11(7-3)14-12-9-13-4/h1,6-9H,3H2,2,4H3/b10-6-,11-8+,12-9?. The molecule has 0 aliphatic carbocycles. The molecule has 0 spiro atoms. The van der Waals surface area contributed by atoms with E-state index in [1.165, 1.54) is 11.9 Å². The van der Waals surface area contributed by atoms with E-state index < -0.39 is 0 Å². The summed E-state index contributed by atoms with van der Waals surface area (Å²) in [6.45, 7) is 5.60. The number of hydrogen-bond acceptors (Lipinski definition) is 3. The van der Waals surface area contributed by atoms with Crippen LogP contribution in [0.5, 0.6) is 0 Å². The molecule has 0 N–H and O–H groups in total. The Kier molecular flexibility index (Phi) is 8.20. The van der Waals surface area contributed by atoms with Crippen molar-refractivity contribution < 1.29 is 0 Å². The highest BCUT2D eigenvalue weighted by molar-refractivity contribution is 8.12. The van der Waals surface area contributed by atoms with E-state index in [2.05, 4.69) is 16.9 Å². The maximum Gasteiger partial charge on any atom is 0.0681 e. The summed E-state index contributed by atoms with van der Waals surface area (Å²) in [5, 5.41) is 0. The number of rotatable bonds is 5. The topological polar surface area (TPSA) is 12.4 Å². The molecule has 0 aliphatic rings. The molecule has 0 radical (unpaired) electrons. The van der Waals surface area contributed by atoms with Crippen LogP contribution in [0.2, 0.25) is 0 Å². The molecule has 74 valence electrons. The second-order valence-electron chi connectivity index (χ2n) is 2.18. The molecule has 0 bridgehead atoms. The minimum absolute atomic E-state index is 0.840. The van der Waals surface area contributed by atoms with Gasteiger partial charge in [0, 0.05) is 22.4 Å². The van der Waals surface area contributed by atoms with Crippen molar-refractivity contribution >= 4 is 29.3 Å². The molecule has 0 aromatic rings. The van der Waals surface area contributed by atoms with Crippen molar-refractivity contribution in [2.45, 2.75) is 6.92 Å². The first-order valence-corrected chi connectivity index (χ1v) is 6.03. The van der Waals surface area contributed by atoms with Crippen LogP contribution in [0.1, 0.15) is 6.92 Å². The fourth-order valence-electron chi connectivity index (χ4n) is 0.610. The molecule has 0 aromatic carbocycles. The van der Waals surface area contributed by atoms with E-state index in [-0.39, 0.29) is 0 Å². The summed E-state index contributed by atoms with van der Waals surface area (Å²) in [6, 6.07) is 0. The summed E-state index contributed by atoms with van der Waals surface area (Å²) in [6.07, 6.45) is 12.8. The molecule has 0 aliphatic heterocycles. The van der Waals surface area contributed by atoms with Gasteiger partial charge < -0.3 is 0 Å². The molecule has 0 heterocycles. The van der Waals surface area contributed by atoms with Gasteiger partial charge in [-0.25, -0.2) is 4.40 Å². The van der Waals surface area contributed by atoms with Gasteiger partial charge in [-0.15, -0.1) is 18.2 Å². The van der Waals surface area contributed by atoms with Crippen LogP contribution in [0.25, 0.3) is 0 Å². The predicted octanol–water partition coefficient (Wildman–Crippen LogP) is 3.68. The van der Waals surface area contributed by atoms with E-state index in [4.69, 9.17) is 6.42 Å². The first-order chi connectivity index (χ1) is 6.78. The van der Waals surface area contributed by atoms with Crippen LogP contribution in [0.3, 0.4) is 0 Å². The highest BCUT2D eigenvalue weighted by Gasteiger charge is 1.92. The van der Waals surface area contributed by atoms with E-state index >= 15 is 0 Å². The number of hydrogen-bond donors (Lipinski definition) is 0. The summed E-state index contributed by atoms with van der Waals surface area (Å²) in [7, 11) is 0. The molecule has 1 nitrogen and oxygen atoms in total. The molecule has 0 aromatic heterocycles. The van der Waals surface area contributed by atoms with E-state index in [0.29, 0.717) is 0 Å². The van der Waals surface area contributed by atoms with Gasteiger partial charge in [-0.05, 0) is 19.3 Å². The van der Waals surface area contributed by atoms with Crippen LogP contribution in [0.15, 0.2) is 39.7 Å². The Morgan fingerprint density at radius 3 is 2.71 bits per heavy atom. The van der Waals surface area contributed by atoms with Crippen LogP contribution >= 0.6 is 23.7 Å². The lowest BCUT2D eigenvalue weighted by Gasteiger charge is -1.95. The van der Waals surface area contributed by atoms with Crippen molar-refractivity contribution in [2.24, 2.45) is 4.40 Å². The van der Waals surface area contributed by atoms with Gasteiger partial charge in [-0.3, -0.25) is 0 Å². The zero-order valence-corrected chi connectivity index (χ0v) is 9.99. The van der Waals surface area contributed by atoms with Gasteiger partial charge in [0.1, 0.15) is 0 Å². The number of allylic oxidation sites excluding steroid dienone is 4. The van der Waals surface area contributed by atoms with Crippen LogP contribution in [-0.2, 0) is 0 Å². The minimum Gasteiger partial charge on any atom is -0.213 e. The van der Waals surface area contributed by atoms with Gasteiger partial charge in [-0.1, -0.05) is 24.7 Å². The van der Waals surface area contributed by atoms with Crippen molar-refractivity contribution in [2.75, 3.05) is 6.26 Å². The number of nitrogens with zero attached hydrogens (tertiary/aromatic N) is 1. The first-order valence-electron chi connectivity index (χ1n) is 3.97. The molecule has 0 amide bonds. The molecule has 0 rings (SSSR count). The highest BCUT2D eigenvalue weighted by Crippen LogP contribution is 2.19. The molecule has 0 atom stereocenters.